The van der Waals surface area contributed by atoms with Gasteiger partial charge in [-0.05, 0) is 45.7 Å². The summed E-state index contributed by atoms with van der Waals surface area (Å²) in [5, 5.41) is 3.60. The van der Waals surface area contributed by atoms with Gasteiger partial charge in [0.05, 0.1) is 18.5 Å². The lowest BCUT2D eigenvalue weighted by molar-refractivity contribution is -0.122. The lowest BCUT2D eigenvalue weighted by Gasteiger charge is -2.16. The quantitative estimate of drug-likeness (QED) is 0.740. The zero-order valence-corrected chi connectivity index (χ0v) is 17.4. The van der Waals surface area contributed by atoms with Crippen molar-refractivity contribution in [1.29, 1.82) is 0 Å². The van der Waals surface area contributed by atoms with Crippen LogP contribution in [0.1, 0.15) is 50.4 Å². The third-order valence-corrected chi connectivity index (χ3v) is 5.49. The number of hydrogen-bond donors (Lipinski definition) is 2. The number of carbonyl (C=O) groups is 1. The minimum absolute atomic E-state index is 0.0336. The first-order chi connectivity index (χ1) is 12.2. The van der Waals surface area contributed by atoms with Crippen LogP contribution in [-0.2, 0) is 17.8 Å². The standard InChI is InChI=1S/C19H30N4O2S/c1-7-12(4)8-14-13(5)26-19-17(14)18(25)21-15(22-19)9-23(6)10-16(24)20-11(2)3/h11-12H,7-10H2,1-6H3,(H,20,24)(H,21,22,25)/t12-/m0/s1. The highest BCUT2D eigenvalue weighted by Gasteiger charge is 2.17. The molecule has 0 unspecified atom stereocenters. The fourth-order valence-corrected chi connectivity index (χ4v) is 4.03. The Morgan fingerprint density at radius 1 is 1.35 bits per heavy atom. The first-order valence-electron chi connectivity index (χ1n) is 9.20. The topological polar surface area (TPSA) is 78.1 Å². The van der Waals surface area contributed by atoms with Crippen LogP contribution in [0.2, 0.25) is 0 Å². The molecule has 0 saturated carbocycles. The fraction of sp³-hybridized carbons (Fsp3) is 0.632. The summed E-state index contributed by atoms with van der Waals surface area (Å²) >= 11 is 1.58. The van der Waals surface area contributed by atoms with Gasteiger partial charge in [0, 0.05) is 10.9 Å². The van der Waals surface area contributed by atoms with Gasteiger partial charge < -0.3 is 10.3 Å². The number of aromatic amines is 1. The molecule has 7 heteroatoms. The highest BCUT2D eigenvalue weighted by atomic mass is 32.1. The van der Waals surface area contributed by atoms with Gasteiger partial charge in [0.25, 0.3) is 5.56 Å². The summed E-state index contributed by atoms with van der Waals surface area (Å²) < 4.78 is 0. The van der Waals surface area contributed by atoms with Crippen molar-refractivity contribution in [1.82, 2.24) is 20.2 Å². The largest absolute Gasteiger partial charge is 0.353 e. The van der Waals surface area contributed by atoms with Crippen LogP contribution in [0.4, 0.5) is 0 Å². The highest BCUT2D eigenvalue weighted by molar-refractivity contribution is 7.18. The van der Waals surface area contributed by atoms with Crippen molar-refractivity contribution in [3.63, 3.8) is 0 Å². The summed E-state index contributed by atoms with van der Waals surface area (Å²) in [5.74, 6) is 1.10. The summed E-state index contributed by atoms with van der Waals surface area (Å²) in [6, 6.07) is 0.114. The number of nitrogens with zero attached hydrogens (tertiary/aromatic N) is 2. The Balaban J connectivity index is 2.21. The molecule has 0 saturated heterocycles. The van der Waals surface area contributed by atoms with E-state index in [0.29, 0.717) is 18.3 Å². The number of rotatable bonds is 8. The Hall–Kier alpha value is -1.73. The van der Waals surface area contributed by atoms with Gasteiger partial charge in [0.2, 0.25) is 5.91 Å². The van der Waals surface area contributed by atoms with E-state index in [1.165, 1.54) is 4.88 Å². The number of likely N-dealkylation sites (N-methyl/N-ethyl adjacent to an activating group) is 1. The summed E-state index contributed by atoms with van der Waals surface area (Å²) in [7, 11) is 1.85. The zero-order valence-electron chi connectivity index (χ0n) is 16.6. The number of amides is 1. The molecule has 0 aromatic carbocycles. The van der Waals surface area contributed by atoms with Gasteiger partial charge in [0.1, 0.15) is 10.7 Å². The maximum absolute atomic E-state index is 12.7. The van der Waals surface area contributed by atoms with Crippen LogP contribution in [0.3, 0.4) is 0 Å². The second-order valence-corrected chi connectivity index (χ2v) is 8.64. The van der Waals surface area contributed by atoms with Crippen LogP contribution < -0.4 is 10.9 Å². The molecule has 0 fully saturated rings. The number of nitrogens with one attached hydrogen (secondary N) is 2. The van der Waals surface area contributed by atoms with Crippen LogP contribution in [0.25, 0.3) is 10.2 Å². The Morgan fingerprint density at radius 2 is 2.04 bits per heavy atom. The van der Waals surface area contributed by atoms with E-state index in [1.54, 1.807) is 11.3 Å². The molecule has 2 N–H and O–H groups in total. The number of thiophene rings is 1. The molecule has 2 heterocycles. The molecular weight excluding hydrogens is 348 g/mol. The van der Waals surface area contributed by atoms with Crippen LogP contribution in [0, 0.1) is 12.8 Å². The molecule has 0 bridgehead atoms. The Bertz CT molecular complexity index is 825. The Kier molecular flexibility index (Phi) is 6.94. The van der Waals surface area contributed by atoms with Crippen LogP contribution in [0.5, 0.6) is 0 Å². The summed E-state index contributed by atoms with van der Waals surface area (Å²) in [6.07, 6.45) is 1.99. The number of hydrogen-bond acceptors (Lipinski definition) is 5. The van der Waals surface area contributed by atoms with Crippen LogP contribution >= 0.6 is 11.3 Å². The molecule has 26 heavy (non-hydrogen) atoms. The lowest BCUT2D eigenvalue weighted by Crippen LogP contribution is -2.38. The van der Waals surface area contributed by atoms with E-state index in [1.807, 2.05) is 25.8 Å². The molecular formula is C19H30N4O2S. The molecule has 0 radical (unpaired) electrons. The summed E-state index contributed by atoms with van der Waals surface area (Å²) in [6.45, 7) is 11.0. The van der Waals surface area contributed by atoms with Gasteiger partial charge in [0.15, 0.2) is 0 Å². The van der Waals surface area contributed by atoms with E-state index in [2.05, 4.69) is 36.1 Å². The molecule has 1 amide bonds. The predicted octanol–water partition coefficient (Wildman–Crippen LogP) is 2.84. The van der Waals surface area contributed by atoms with Gasteiger partial charge in [-0.2, -0.15) is 0 Å². The normalized spacial score (nSPS) is 12.9. The van der Waals surface area contributed by atoms with Gasteiger partial charge >= 0.3 is 0 Å². The number of H-pyrrole nitrogens is 1. The molecule has 0 spiro atoms. The molecule has 2 rings (SSSR count). The minimum Gasteiger partial charge on any atom is -0.353 e. The van der Waals surface area contributed by atoms with Crippen LogP contribution in [0.15, 0.2) is 4.79 Å². The monoisotopic (exact) mass is 378 g/mol. The van der Waals surface area contributed by atoms with Crippen molar-refractivity contribution in [3.05, 3.63) is 26.6 Å². The van der Waals surface area contributed by atoms with Gasteiger partial charge in [-0.1, -0.05) is 20.3 Å². The third-order valence-electron chi connectivity index (χ3n) is 4.44. The van der Waals surface area contributed by atoms with E-state index in [0.717, 1.165) is 28.6 Å². The number of aryl methyl sites for hydroxylation is 1. The Morgan fingerprint density at radius 3 is 2.65 bits per heavy atom. The molecule has 6 nitrogen and oxygen atoms in total. The molecule has 1 atom stereocenters. The maximum Gasteiger partial charge on any atom is 0.259 e. The average Bonchev–Trinajstić information content (AvgIpc) is 2.81. The van der Waals surface area contributed by atoms with Crippen molar-refractivity contribution in [2.24, 2.45) is 5.92 Å². The van der Waals surface area contributed by atoms with Crippen molar-refractivity contribution in [2.45, 2.75) is 60.0 Å². The fourth-order valence-electron chi connectivity index (χ4n) is 2.96. The van der Waals surface area contributed by atoms with Crippen molar-refractivity contribution < 1.29 is 4.79 Å². The first kappa shape index (κ1) is 20.6. The molecule has 2 aromatic rings. The van der Waals surface area contributed by atoms with Crippen LogP contribution in [-0.4, -0.2) is 40.4 Å². The molecule has 2 aromatic heterocycles. The van der Waals surface area contributed by atoms with E-state index < -0.39 is 0 Å². The van der Waals surface area contributed by atoms with Gasteiger partial charge in [-0.25, -0.2) is 4.98 Å². The zero-order chi connectivity index (χ0) is 19.4. The van der Waals surface area contributed by atoms with E-state index in [9.17, 15) is 9.59 Å². The lowest BCUT2D eigenvalue weighted by atomic mass is 9.98. The minimum atomic E-state index is -0.0762. The van der Waals surface area contributed by atoms with Crippen molar-refractivity contribution >= 4 is 27.5 Å². The SMILES string of the molecule is CC[C@H](C)Cc1c(C)sc2nc(CN(C)CC(=O)NC(C)C)[nH]c(=O)c12. The second kappa shape index (κ2) is 8.77. The smallest absolute Gasteiger partial charge is 0.259 e. The molecule has 0 aliphatic carbocycles. The summed E-state index contributed by atoms with van der Waals surface area (Å²) in [5.41, 5.74) is 1.05. The number of aromatic nitrogens is 2. The average molecular weight is 379 g/mol. The van der Waals surface area contributed by atoms with Crippen molar-refractivity contribution in [2.75, 3.05) is 13.6 Å². The van der Waals surface area contributed by atoms with Gasteiger partial charge in [-0.3, -0.25) is 14.5 Å². The predicted molar refractivity (Wildman–Crippen MR) is 108 cm³/mol. The molecule has 0 aliphatic rings. The Labute approximate surface area is 159 Å². The van der Waals surface area contributed by atoms with Crippen molar-refractivity contribution in [3.8, 4) is 0 Å². The van der Waals surface area contributed by atoms with E-state index in [4.69, 9.17) is 0 Å². The maximum atomic E-state index is 12.7. The van der Waals surface area contributed by atoms with E-state index in [-0.39, 0.29) is 24.1 Å². The third kappa shape index (κ3) is 5.14. The highest BCUT2D eigenvalue weighted by Crippen LogP contribution is 2.29. The summed E-state index contributed by atoms with van der Waals surface area (Å²) in [4.78, 5) is 35.9. The second-order valence-electron chi connectivity index (χ2n) is 7.44. The first-order valence-corrected chi connectivity index (χ1v) is 10.0. The molecule has 144 valence electrons. The van der Waals surface area contributed by atoms with E-state index >= 15 is 0 Å². The van der Waals surface area contributed by atoms with Gasteiger partial charge in [-0.15, -0.1) is 11.3 Å². The molecule has 0 aliphatic heterocycles. The number of carbonyl (C=O) groups excluding carboxylic acids is 1. The number of fused-ring (bicyclic) bond motifs is 1.